The lowest BCUT2D eigenvalue weighted by atomic mass is 9.97. The molecule has 0 unspecified atom stereocenters. The van der Waals surface area contributed by atoms with Crippen molar-refractivity contribution in [2.45, 2.75) is 19.3 Å². The van der Waals surface area contributed by atoms with Gasteiger partial charge in [0.1, 0.15) is 0 Å². The van der Waals surface area contributed by atoms with Gasteiger partial charge in [0.2, 0.25) is 12.2 Å². The summed E-state index contributed by atoms with van der Waals surface area (Å²) in [6.45, 7) is 0. The average molecular weight is 393 g/mol. The van der Waals surface area contributed by atoms with Gasteiger partial charge in [-0.1, -0.05) is 24.3 Å². The van der Waals surface area contributed by atoms with E-state index in [9.17, 15) is 4.79 Å². The molecule has 8 nitrogen and oxygen atoms in total. The highest BCUT2D eigenvalue weighted by Crippen LogP contribution is 2.26. The fourth-order valence-electron chi connectivity index (χ4n) is 2.63. The lowest BCUT2D eigenvalue weighted by Gasteiger charge is -2.19. The third-order valence-corrected chi connectivity index (χ3v) is 4.07. The second-order valence-electron chi connectivity index (χ2n) is 6.07. The van der Waals surface area contributed by atoms with Crippen molar-refractivity contribution < 1.29 is 14.7 Å². The molecule has 0 spiro atoms. The Kier molecular flexibility index (Phi) is 8.35. The van der Waals surface area contributed by atoms with Crippen molar-refractivity contribution in [3.05, 3.63) is 66.0 Å². The lowest BCUT2D eigenvalue weighted by molar-refractivity contribution is -0.137. The van der Waals surface area contributed by atoms with E-state index in [1.165, 1.54) is 12.2 Å². The molecule has 0 bridgehead atoms. The fourth-order valence-corrected chi connectivity index (χ4v) is 2.63. The number of hydrogen-bond donors (Lipinski definition) is 2. The number of carbonyl (C=O) groups is 1. The molecule has 0 aliphatic carbocycles. The zero-order valence-electron chi connectivity index (χ0n) is 16.4. The molecule has 0 atom stereocenters. The zero-order chi connectivity index (χ0) is 21.1. The summed E-state index contributed by atoms with van der Waals surface area (Å²) < 4.78 is 0. The SMILES string of the molecule is CON(C)C(=NC#N)Nc1cccc(C(=CCCCC(=O)O)c2cccnc2)c1. The summed E-state index contributed by atoms with van der Waals surface area (Å²) in [5.41, 5.74) is 3.53. The van der Waals surface area contributed by atoms with Crippen LogP contribution in [0.4, 0.5) is 5.69 Å². The molecular weight excluding hydrogens is 370 g/mol. The number of carboxylic acid groups (broad SMARTS) is 1. The number of aromatic nitrogens is 1. The first-order valence-corrected chi connectivity index (χ1v) is 8.99. The van der Waals surface area contributed by atoms with Gasteiger partial charge in [-0.25, -0.2) is 5.06 Å². The molecular formula is C21H23N5O3. The smallest absolute Gasteiger partial charge is 0.303 e. The Morgan fingerprint density at radius 1 is 1.38 bits per heavy atom. The van der Waals surface area contributed by atoms with Gasteiger partial charge in [0.15, 0.2) is 0 Å². The predicted octanol–water partition coefficient (Wildman–Crippen LogP) is 3.51. The number of guanidine groups is 1. The Labute approximate surface area is 169 Å². The highest BCUT2D eigenvalue weighted by atomic mass is 16.7. The Bertz CT molecular complexity index is 919. The molecule has 1 aromatic heterocycles. The monoisotopic (exact) mass is 393 g/mol. The summed E-state index contributed by atoms with van der Waals surface area (Å²) in [5.74, 6) is -0.556. The van der Waals surface area contributed by atoms with Crippen LogP contribution < -0.4 is 5.32 Å². The lowest BCUT2D eigenvalue weighted by Crippen LogP contribution is -2.32. The summed E-state index contributed by atoms with van der Waals surface area (Å²) in [7, 11) is 3.11. The second kappa shape index (κ2) is 11.2. The van der Waals surface area contributed by atoms with E-state index in [1.54, 1.807) is 25.6 Å². The summed E-state index contributed by atoms with van der Waals surface area (Å²) in [4.78, 5) is 23.8. The van der Waals surface area contributed by atoms with Gasteiger partial charge < -0.3 is 10.4 Å². The molecule has 0 saturated carbocycles. The van der Waals surface area contributed by atoms with Gasteiger partial charge in [-0.2, -0.15) is 5.26 Å². The normalized spacial score (nSPS) is 11.6. The van der Waals surface area contributed by atoms with Gasteiger partial charge in [-0.05, 0) is 42.2 Å². The second-order valence-corrected chi connectivity index (χ2v) is 6.07. The van der Waals surface area contributed by atoms with Crippen LogP contribution >= 0.6 is 0 Å². The molecule has 29 heavy (non-hydrogen) atoms. The molecule has 0 aliphatic rings. The maximum Gasteiger partial charge on any atom is 0.303 e. The first kappa shape index (κ1) is 21.6. The Hall–Kier alpha value is -3.70. The van der Waals surface area contributed by atoms with Crippen LogP contribution in [0.15, 0.2) is 59.9 Å². The number of hydroxylamine groups is 2. The molecule has 0 amide bonds. The van der Waals surface area contributed by atoms with Crippen molar-refractivity contribution in [1.82, 2.24) is 10.0 Å². The van der Waals surface area contributed by atoms with E-state index in [-0.39, 0.29) is 12.4 Å². The summed E-state index contributed by atoms with van der Waals surface area (Å²) in [5, 5.41) is 22.2. The number of anilines is 1. The van der Waals surface area contributed by atoms with Crippen molar-refractivity contribution in [3.63, 3.8) is 0 Å². The standard InChI is InChI=1S/C21H23N5O3/c1-26(29-2)21(24-15-22)25-18-9-5-7-16(13-18)19(10-3-4-11-20(27)28)17-8-6-12-23-14-17/h5-10,12-14H,3-4,11H2,1-2H3,(H,24,25)(H,27,28). The van der Waals surface area contributed by atoms with E-state index in [4.69, 9.17) is 15.2 Å². The number of hydrogen-bond acceptors (Lipinski definition) is 5. The van der Waals surface area contributed by atoms with Crippen LogP contribution in [0, 0.1) is 11.5 Å². The summed E-state index contributed by atoms with van der Waals surface area (Å²) in [6, 6.07) is 11.4. The third kappa shape index (κ3) is 6.75. The quantitative estimate of drug-likeness (QED) is 0.232. The minimum Gasteiger partial charge on any atom is -0.481 e. The summed E-state index contributed by atoms with van der Waals surface area (Å²) >= 11 is 0. The van der Waals surface area contributed by atoms with Crippen molar-refractivity contribution >= 4 is 23.2 Å². The molecule has 1 aromatic carbocycles. The molecule has 2 N–H and O–H groups in total. The van der Waals surface area contributed by atoms with Crippen LogP contribution in [-0.4, -0.2) is 41.2 Å². The Morgan fingerprint density at radius 2 is 2.17 bits per heavy atom. The highest BCUT2D eigenvalue weighted by Gasteiger charge is 2.10. The largest absolute Gasteiger partial charge is 0.481 e. The fraction of sp³-hybridized carbons (Fsp3) is 0.238. The van der Waals surface area contributed by atoms with E-state index in [0.29, 0.717) is 12.8 Å². The minimum atomic E-state index is -0.806. The molecule has 0 aliphatic heterocycles. The van der Waals surface area contributed by atoms with Crippen LogP contribution in [0.5, 0.6) is 0 Å². The molecule has 2 aromatic rings. The Morgan fingerprint density at radius 3 is 2.83 bits per heavy atom. The minimum absolute atomic E-state index is 0.121. The highest BCUT2D eigenvalue weighted by molar-refractivity contribution is 5.94. The number of pyridine rings is 1. The number of nitriles is 1. The van der Waals surface area contributed by atoms with Crippen LogP contribution in [0.1, 0.15) is 30.4 Å². The van der Waals surface area contributed by atoms with E-state index in [0.717, 1.165) is 22.4 Å². The number of rotatable bonds is 8. The van der Waals surface area contributed by atoms with Gasteiger partial charge in [-0.3, -0.25) is 14.6 Å². The number of nitrogens with one attached hydrogen (secondary N) is 1. The average Bonchev–Trinajstić information content (AvgIpc) is 2.73. The molecule has 2 rings (SSSR count). The van der Waals surface area contributed by atoms with Crippen molar-refractivity contribution in [3.8, 4) is 6.19 Å². The van der Waals surface area contributed by atoms with Crippen molar-refractivity contribution in [1.29, 1.82) is 5.26 Å². The number of nitrogens with zero attached hydrogens (tertiary/aromatic N) is 4. The van der Waals surface area contributed by atoms with Gasteiger partial charge in [0, 0.05) is 37.1 Å². The van der Waals surface area contributed by atoms with Crippen LogP contribution in [0.25, 0.3) is 5.57 Å². The first-order valence-electron chi connectivity index (χ1n) is 8.99. The van der Waals surface area contributed by atoms with Gasteiger partial charge in [-0.15, -0.1) is 4.99 Å². The summed E-state index contributed by atoms with van der Waals surface area (Å²) in [6.07, 6.45) is 8.53. The zero-order valence-corrected chi connectivity index (χ0v) is 16.4. The van der Waals surface area contributed by atoms with Crippen LogP contribution in [0.2, 0.25) is 0 Å². The number of allylic oxidation sites excluding steroid dienone is 1. The van der Waals surface area contributed by atoms with Gasteiger partial charge in [0.05, 0.1) is 7.11 Å². The molecule has 1 heterocycles. The predicted molar refractivity (Wildman–Crippen MR) is 111 cm³/mol. The van der Waals surface area contributed by atoms with Crippen LogP contribution in [-0.2, 0) is 9.63 Å². The molecule has 0 radical (unpaired) electrons. The number of aliphatic carboxylic acids is 1. The van der Waals surface area contributed by atoms with E-state index in [2.05, 4.69) is 15.3 Å². The van der Waals surface area contributed by atoms with Gasteiger partial charge >= 0.3 is 5.97 Å². The van der Waals surface area contributed by atoms with E-state index < -0.39 is 5.97 Å². The van der Waals surface area contributed by atoms with Crippen molar-refractivity contribution in [2.75, 3.05) is 19.5 Å². The van der Waals surface area contributed by atoms with Crippen LogP contribution in [0.3, 0.4) is 0 Å². The molecule has 0 fully saturated rings. The van der Waals surface area contributed by atoms with E-state index >= 15 is 0 Å². The number of benzene rings is 1. The molecule has 150 valence electrons. The first-order chi connectivity index (χ1) is 14.0. The third-order valence-electron chi connectivity index (χ3n) is 4.07. The maximum absolute atomic E-state index is 10.8. The number of unbranched alkanes of at least 4 members (excludes halogenated alkanes) is 1. The maximum atomic E-state index is 10.8. The van der Waals surface area contributed by atoms with Gasteiger partial charge in [0.25, 0.3) is 0 Å². The number of carboxylic acids is 1. The Balaban J connectivity index is 2.33. The number of aliphatic imine (C=N–C) groups is 1. The topological polar surface area (TPSA) is 111 Å². The molecule has 0 saturated heterocycles. The van der Waals surface area contributed by atoms with Crippen molar-refractivity contribution in [2.24, 2.45) is 4.99 Å². The van der Waals surface area contributed by atoms with E-state index in [1.807, 2.05) is 42.5 Å². The molecule has 8 heteroatoms.